The smallest absolute Gasteiger partial charge is 0.296 e. The summed E-state index contributed by atoms with van der Waals surface area (Å²) in [6.45, 7) is 0. The van der Waals surface area contributed by atoms with E-state index in [-0.39, 0.29) is 5.56 Å². The molecule has 0 atom stereocenters. The third-order valence-corrected chi connectivity index (χ3v) is 2.47. The molecule has 1 aromatic carbocycles. The van der Waals surface area contributed by atoms with E-state index in [1.54, 1.807) is 7.05 Å². The number of rotatable bonds is 2. The third-order valence-electron chi connectivity index (χ3n) is 2.18. The summed E-state index contributed by atoms with van der Waals surface area (Å²) >= 11 is 5.85. The van der Waals surface area contributed by atoms with Crippen molar-refractivity contribution in [3.63, 3.8) is 0 Å². The van der Waals surface area contributed by atoms with Crippen molar-refractivity contribution in [2.45, 2.75) is 0 Å². The maximum absolute atomic E-state index is 12.0. The van der Waals surface area contributed by atoms with Gasteiger partial charge in [0.25, 0.3) is 5.56 Å². The Bertz CT molecular complexity index is 551. The molecule has 0 saturated carbocycles. The number of para-hydroxylation sites is 1. The number of aromatic nitrogens is 2. The Morgan fingerprint density at radius 1 is 1.31 bits per heavy atom. The maximum atomic E-state index is 12.0. The number of hydrogen-bond acceptors (Lipinski definition) is 3. The molecule has 82 valence electrons. The Morgan fingerprint density at radius 3 is 2.62 bits per heavy atom. The van der Waals surface area contributed by atoms with Crippen molar-refractivity contribution in [3.05, 3.63) is 51.9 Å². The predicted octanol–water partition coefficient (Wildman–Crippen LogP) is 1.93. The van der Waals surface area contributed by atoms with Crippen LogP contribution >= 0.6 is 11.6 Å². The monoisotopic (exact) mass is 235 g/mol. The molecule has 0 aliphatic carbocycles. The fourth-order valence-electron chi connectivity index (χ4n) is 1.41. The summed E-state index contributed by atoms with van der Waals surface area (Å²) in [5.41, 5.74) is 0.794. The molecule has 0 aliphatic rings. The summed E-state index contributed by atoms with van der Waals surface area (Å²) in [7, 11) is 1.65. The van der Waals surface area contributed by atoms with Gasteiger partial charge in [-0.05, 0) is 12.1 Å². The van der Waals surface area contributed by atoms with Gasteiger partial charge < -0.3 is 5.32 Å². The fraction of sp³-hybridized carbons (Fsp3) is 0.0909. The molecule has 0 amide bonds. The lowest BCUT2D eigenvalue weighted by molar-refractivity contribution is 0.809. The van der Waals surface area contributed by atoms with Gasteiger partial charge in [0, 0.05) is 7.05 Å². The first-order chi connectivity index (χ1) is 7.74. The van der Waals surface area contributed by atoms with Crippen LogP contribution in [-0.4, -0.2) is 16.8 Å². The van der Waals surface area contributed by atoms with E-state index in [9.17, 15) is 4.79 Å². The van der Waals surface area contributed by atoms with Gasteiger partial charge in [-0.1, -0.05) is 29.8 Å². The highest BCUT2D eigenvalue weighted by atomic mass is 35.5. The zero-order valence-corrected chi connectivity index (χ0v) is 9.40. The van der Waals surface area contributed by atoms with Gasteiger partial charge in [-0.25, -0.2) is 0 Å². The van der Waals surface area contributed by atoms with Gasteiger partial charge in [-0.2, -0.15) is 9.78 Å². The molecule has 0 bridgehead atoms. The van der Waals surface area contributed by atoms with Crippen molar-refractivity contribution < 1.29 is 0 Å². The summed E-state index contributed by atoms with van der Waals surface area (Å²) in [6.07, 6.45) is 1.45. The first kappa shape index (κ1) is 10.7. The van der Waals surface area contributed by atoms with E-state index >= 15 is 0 Å². The molecule has 0 fully saturated rings. The lowest BCUT2D eigenvalue weighted by atomic mass is 10.3. The van der Waals surface area contributed by atoms with Crippen LogP contribution in [0.15, 0.2) is 41.3 Å². The number of halogens is 1. The van der Waals surface area contributed by atoms with Crippen LogP contribution < -0.4 is 10.9 Å². The zero-order valence-electron chi connectivity index (χ0n) is 8.64. The minimum atomic E-state index is -0.263. The molecular weight excluding hydrogens is 226 g/mol. The number of anilines is 1. The Hall–Kier alpha value is -1.81. The van der Waals surface area contributed by atoms with Crippen LogP contribution in [0.3, 0.4) is 0 Å². The quantitative estimate of drug-likeness (QED) is 0.865. The van der Waals surface area contributed by atoms with Crippen molar-refractivity contribution in [1.82, 2.24) is 9.78 Å². The lowest BCUT2D eigenvalue weighted by Gasteiger charge is -2.07. The molecule has 4 nitrogen and oxygen atoms in total. The van der Waals surface area contributed by atoms with E-state index in [2.05, 4.69) is 10.4 Å². The van der Waals surface area contributed by atoms with Gasteiger partial charge >= 0.3 is 0 Å². The largest absolute Gasteiger partial charge is 0.382 e. The van der Waals surface area contributed by atoms with Crippen LogP contribution in [0.1, 0.15) is 0 Å². The average Bonchev–Trinajstić information content (AvgIpc) is 2.31. The van der Waals surface area contributed by atoms with Crippen LogP contribution in [0, 0.1) is 0 Å². The summed E-state index contributed by atoms with van der Waals surface area (Å²) in [4.78, 5) is 12.0. The van der Waals surface area contributed by atoms with Gasteiger partial charge in [-0.15, -0.1) is 0 Å². The predicted molar refractivity (Wildman–Crippen MR) is 64.4 cm³/mol. The van der Waals surface area contributed by atoms with E-state index in [0.717, 1.165) is 0 Å². The SMILES string of the molecule is CNc1c(Cl)cnn(-c2ccccc2)c1=O. The molecule has 0 saturated heterocycles. The highest BCUT2D eigenvalue weighted by molar-refractivity contribution is 6.32. The zero-order chi connectivity index (χ0) is 11.5. The summed E-state index contributed by atoms with van der Waals surface area (Å²) in [6, 6.07) is 9.18. The maximum Gasteiger partial charge on any atom is 0.296 e. The second-order valence-electron chi connectivity index (χ2n) is 3.17. The lowest BCUT2D eigenvalue weighted by Crippen LogP contribution is -2.23. The Morgan fingerprint density at radius 2 is 2.00 bits per heavy atom. The first-order valence-electron chi connectivity index (χ1n) is 4.75. The van der Waals surface area contributed by atoms with Crippen molar-refractivity contribution in [1.29, 1.82) is 0 Å². The van der Waals surface area contributed by atoms with Crippen LogP contribution in [0.4, 0.5) is 5.69 Å². The van der Waals surface area contributed by atoms with Gasteiger partial charge in [0.15, 0.2) is 0 Å². The normalized spacial score (nSPS) is 10.1. The van der Waals surface area contributed by atoms with Crippen LogP contribution in [0.25, 0.3) is 5.69 Å². The summed E-state index contributed by atoms with van der Waals surface area (Å²) < 4.78 is 1.30. The minimum absolute atomic E-state index is 0.263. The second-order valence-corrected chi connectivity index (χ2v) is 3.58. The van der Waals surface area contributed by atoms with E-state index < -0.39 is 0 Å². The Balaban J connectivity index is 2.64. The van der Waals surface area contributed by atoms with Gasteiger partial charge in [0.1, 0.15) is 5.69 Å². The van der Waals surface area contributed by atoms with E-state index in [0.29, 0.717) is 16.4 Å². The third kappa shape index (κ3) is 1.79. The fourth-order valence-corrected chi connectivity index (χ4v) is 1.63. The Kier molecular flexibility index (Phi) is 2.92. The molecule has 0 aliphatic heterocycles. The summed E-state index contributed by atoms with van der Waals surface area (Å²) in [5, 5.41) is 7.08. The number of benzene rings is 1. The average molecular weight is 236 g/mol. The molecule has 0 radical (unpaired) electrons. The molecule has 2 aromatic rings. The molecular formula is C11H10ClN3O. The van der Waals surface area contributed by atoms with Gasteiger partial charge in [-0.3, -0.25) is 4.79 Å². The van der Waals surface area contributed by atoms with Crippen molar-refractivity contribution in [2.24, 2.45) is 0 Å². The number of nitrogens with one attached hydrogen (secondary N) is 1. The number of hydrogen-bond donors (Lipinski definition) is 1. The minimum Gasteiger partial charge on any atom is -0.382 e. The second kappa shape index (κ2) is 4.37. The van der Waals surface area contributed by atoms with Gasteiger partial charge in [0.2, 0.25) is 0 Å². The van der Waals surface area contributed by atoms with E-state index in [1.165, 1.54) is 10.9 Å². The Labute approximate surface area is 97.5 Å². The standard InChI is InChI=1S/C11H10ClN3O/c1-13-10-9(12)7-14-15(11(10)16)8-5-3-2-4-6-8/h2-7,13H,1H3. The molecule has 16 heavy (non-hydrogen) atoms. The topological polar surface area (TPSA) is 46.9 Å². The summed E-state index contributed by atoms with van der Waals surface area (Å²) in [5.74, 6) is 0. The molecule has 1 N–H and O–H groups in total. The van der Waals surface area contributed by atoms with Crippen LogP contribution in [-0.2, 0) is 0 Å². The first-order valence-corrected chi connectivity index (χ1v) is 5.13. The molecule has 1 aromatic heterocycles. The molecule has 1 heterocycles. The highest BCUT2D eigenvalue weighted by Gasteiger charge is 2.08. The van der Waals surface area contributed by atoms with E-state index in [1.807, 2.05) is 30.3 Å². The molecule has 5 heteroatoms. The van der Waals surface area contributed by atoms with E-state index in [4.69, 9.17) is 11.6 Å². The van der Waals surface area contributed by atoms with Crippen LogP contribution in [0.2, 0.25) is 5.02 Å². The van der Waals surface area contributed by atoms with Crippen molar-refractivity contribution in [3.8, 4) is 5.69 Å². The molecule has 0 spiro atoms. The molecule has 0 unspecified atom stereocenters. The van der Waals surface area contributed by atoms with Gasteiger partial charge in [0.05, 0.1) is 16.9 Å². The molecule has 2 rings (SSSR count). The highest BCUT2D eigenvalue weighted by Crippen LogP contribution is 2.15. The van der Waals surface area contributed by atoms with Crippen molar-refractivity contribution >= 4 is 17.3 Å². The van der Waals surface area contributed by atoms with Crippen molar-refractivity contribution in [2.75, 3.05) is 12.4 Å². The van der Waals surface area contributed by atoms with Crippen LogP contribution in [0.5, 0.6) is 0 Å². The number of nitrogens with zero attached hydrogens (tertiary/aromatic N) is 2.